The lowest BCUT2D eigenvalue weighted by molar-refractivity contribution is -0.153. The fourth-order valence-electron chi connectivity index (χ4n) is 2.08. The molecular formula is C18H23N3O6. The van der Waals surface area contributed by atoms with Crippen LogP contribution in [0.2, 0.25) is 0 Å². The van der Waals surface area contributed by atoms with E-state index in [9.17, 15) is 19.2 Å². The molecule has 0 radical (unpaired) electrons. The number of hydrogen-bond acceptors (Lipinski definition) is 6. The molecule has 1 unspecified atom stereocenters. The van der Waals surface area contributed by atoms with Crippen molar-refractivity contribution < 1.29 is 28.7 Å². The van der Waals surface area contributed by atoms with Gasteiger partial charge < -0.3 is 20.1 Å². The van der Waals surface area contributed by atoms with E-state index in [1.165, 1.54) is 6.92 Å². The van der Waals surface area contributed by atoms with Gasteiger partial charge in [-0.1, -0.05) is 0 Å². The maximum absolute atomic E-state index is 12.0. The van der Waals surface area contributed by atoms with Crippen LogP contribution in [0.4, 0.5) is 4.79 Å². The standard InChI is InChI=1S/C18H23N3O6/c1-3-26-14-8-4-12(5-9-14)17(24)19-10-15(22)27-11(2)16(23)21-18(25)20-13-6-7-13/h4-5,8-9,11,13H,3,6-7,10H2,1-2H3,(H,19,24)(H2,20,21,23,25). The fraction of sp³-hybridized carbons (Fsp3) is 0.444. The van der Waals surface area contributed by atoms with Gasteiger partial charge in [0.25, 0.3) is 11.8 Å². The van der Waals surface area contributed by atoms with Crippen molar-refractivity contribution in [2.45, 2.75) is 38.8 Å². The number of hydrogen-bond donors (Lipinski definition) is 3. The monoisotopic (exact) mass is 377 g/mol. The summed E-state index contributed by atoms with van der Waals surface area (Å²) in [7, 11) is 0. The first kappa shape index (κ1) is 20.2. The first-order valence-corrected chi connectivity index (χ1v) is 8.71. The minimum absolute atomic E-state index is 0.105. The van der Waals surface area contributed by atoms with Gasteiger partial charge in [-0.15, -0.1) is 0 Å². The maximum atomic E-state index is 12.0. The van der Waals surface area contributed by atoms with Crippen molar-refractivity contribution in [3.63, 3.8) is 0 Å². The number of imide groups is 1. The highest BCUT2D eigenvalue weighted by molar-refractivity contribution is 5.98. The third-order valence-electron chi connectivity index (χ3n) is 3.65. The number of urea groups is 1. The molecule has 1 fully saturated rings. The minimum atomic E-state index is -1.16. The van der Waals surface area contributed by atoms with Crippen molar-refractivity contribution in [1.29, 1.82) is 0 Å². The van der Waals surface area contributed by atoms with E-state index in [2.05, 4.69) is 16.0 Å². The Morgan fingerprint density at radius 1 is 1.15 bits per heavy atom. The molecule has 146 valence electrons. The number of rotatable bonds is 8. The summed E-state index contributed by atoms with van der Waals surface area (Å²) in [6.07, 6.45) is 0.616. The number of ether oxygens (including phenoxy) is 2. The molecule has 3 N–H and O–H groups in total. The first-order valence-electron chi connectivity index (χ1n) is 8.71. The maximum Gasteiger partial charge on any atom is 0.326 e. The van der Waals surface area contributed by atoms with Gasteiger partial charge in [0.1, 0.15) is 12.3 Å². The zero-order valence-electron chi connectivity index (χ0n) is 15.2. The van der Waals surface area contributed by atoms with Crippen molar-refractivity contribution in [2.24, 2.45) is 0 Å². The molecule has 27 heavy (non-hydrogen) atoms. The van der Waals surface area contributed by atoms with E-state index in [0.29, 0.717) is 17.9 Å². The number of nitrogens with one attached hydrogen (secondary N) is 3. The van der Waals surface area contributed by atoms with Crippen LogP contribution in [0, 0.1) is 0 Å². The molecule has 2 rings (SSSR count). The summed E-state index contributed by atoms with van der Waals surface area (Å²) in [4.78, 5) is 47.0. The topological polar surface area (TPSA) is 123 Å². The van der Waals surface area contributed by atoms with E-state index < -0.39 is 36.5 Å². The normalized spacial score (nSPS) is 13.9. The predicted octanol–water partition coefficient (Wildman–Crippen LogP) is 0.735. The Morgan fingerprint density at radius 3 is 2.41 bits per heavy atom. The summed E-state index contributed by atoms with van der Waals surface area (Å²) in [5, 5.41) is 7.09. The Hall–Kier alpha value is -3.10. The molecule has 9 heteroatoms. The second kappa shape index (κ2) is 9.56. The molecule has 0 saturated heterocycles. The molecule has 1 aliphatic rings. The van der Waals surface area contributed by atoms with Gasteiger partial charge in [-0.05, 0) is 51.0 Å². The average Bonchev–Trinajstić information content (AvgIpc) is 3.44. The molecule has 4 amide bonds. The third kappa shape index (κ3) is 6.96. The Balaban J connectivity index is 1.71. The van der Waals surface area contributed by atoms with Crippen LogP contribution >= 0.6 is 0 Å². The molecule has 1 aromatic rings. The highest BCUT2D eigenvalue weighted by Gasteiger charge is 2.26. The SMILES string of the molecule is CCOc1ccc(C(=O)NCC(=O)OC(C)C(=O)NC(=O)NC2CC2)cc1. The van der Waals surface area contributed by atoms with Crippen molar-refractivity contribution in [3.05, 3.63) is 29.8 Å². The molecule has 0 heterocycles. The first-order chi connectivity index (χ1) is 12.9. The van der Waals surface area contributed by atoms with Crippen molar-refractivity contribution in [1.82, 2.24) is 16.0 Å². The summed E-state index contributed by atoms with van der Waals surface area (Å²) in [5.41, 5.74) is 0.355. The van der Waals surface area contributed by atoms with E-state index in [0.717, 1.165) is 12.8 Å². The molecule has 0 aliphatic heterocycles. The van der Waals surface area contributed by atoms with E-state index in [1.54, 1.807) is 24.3 Å². The zero-order chi connectivity index (χ0) is 19.8. The molecule has 1 atom stereocenters. The number of carbonyl (C=O) groups is 4. The molecule has 0 spiro atoms. The van der Waals surface area contributed by atoms with Gasteiger partial charge in [0.2, 0.25) is 0 Å². The van der Waals surface area contributed by atoms with Gasteiger partial charge in [0.15, 0.2) is 6.10 Å². The van der Waals surface area contributed by atoms with E-state index >= 15 is 0 Å². The Labute approximate surface area is 156 Å². The summed E-state index contributed by atoms with van der Waals surface area (Å²) >= 11 is 0. The summed E-state index contributed by atoms with van der Waals surface area (Å²) in [6, 6.07) is 5.93. The van der Waals surface area contributed by atoms with Crippen LogP contribution < -0.4 is 20.7 Å². The largest absolute Gasteiger partial charge is 0.494 e. The highest BCUT2D eigenvalue weighted by Crippen LogP contribution is 2.18. The lowest BCUT2D eigenvalue weighted by Crippen LogP contribution is -2.46. The van der Waals surface area contributed by atoms with E-state index in [4.69, 9.17) is 9.47 Å². The average molecular weight is 377 g/mol. The van der Waals surface area contributed by atoms with Gasteiger partial charge in [-0.3, -0.25) is 19.7 Å². The van der Waals surface area contributed by atoms with Gasteiger partial charge in [0.05, 0.1) is 6.61 Å². The highest BCUT2D eigenvalue weighted by atomic mass is 16.5. The lowest BCUT2D eigenvalue weighted by Gasteiger charge is -2.13. The quantitative estimate of drug-likeness (QED) is 0.574. The lowest BCUT2D eigenvalue weighted by atomic mass is 10.2. The van der Waals surface area contributed by atoms with Crippen LogP contribution in [-0.2, 0) is 14.3 Å². The van der Waals surface area contributed by atoms with Crippen LogP contribution in [0.1, 0.15) is 37.0 Å². The summed E-state index contributed by atoms with van der Waals surface area (Å²) in [6.45, 7) is 3.31. The van der Waals surface area contributed by atoms with E-state index in [1.807, 2.05) is 6.92 Å². The Bertz CT molecular complexity index is 700. The minimum Gasteiger partial charge on any atom is -0.494 e. The van der Waals surface area contributed by atoms with Gasteiger partial charge in [-0.25, -0.2) is 4.79 Å². The number of esters is 1. The van der Waals surface area contributed by atoms with Crippen LogP contribution in [0.25, 0.3) is 0 Å². The predicted molar refractivity (Wildman–Crippen MR) is 95.2 cm³/mol. The van der Waals surface area contributed by atoms with Gasteiger partial charge in [0, 0.05) is 11.6 Å². The third-order valence-corrected chi connectivity index (χ3v) is 3.65. The van der Waals surface area contributed by atoms with Gasteiger partial charge >= 0.3 is 12.0 Å². The molecule has 9 nitrogen and oxygen atoms in total. The fourth-order valence-corrected chi connectivity index (χ4v) is 2.08. The smallest absolute Gasteiger partial charge is 0.326 e. The molecule has 1 aromatic carbocycles. The second-order valence-electron chi connectivity index (χ2n) is 6.01. The Morgan fingerprint density at radius 2 is 1.81 bits per heavy atom. The summed E-state index contributed by atoms with van der Waals surface area (Å²) in [5.74, 6) is -1.35. The van der Waals surface area contributed by atoms with Crippen molar-refractivity contribution >= 4 is 23.8 Å². The summed E-state index contributed by atoms with van der Waals surface area (Å²) < 4.78 is 10.2. The van der Waals surface area contributed by atoms with Crippen LogP contribution in [-0.4, -0.2) is 49.1 Å². The number of benzene rings is 1. The van der Waals surface area contributed by atoms with Crippen LogP contribution in [0.5, 0.6) is 5.75 Å². The molecular weight excluding hydrogens is 354 g/mol. The van der Waals surface area contributed by atoms with E-state index in [-0.39, 0.29) is 6.04 Å². The van der Waals surface area contributed by atoms with Crippen molar-refractivity contribution in [2.75, 3.05) is 13.2 Å². The van der Waals surface area contributed by atoms with Crippen molar-refractivity contribution in [3.8, 4) is 5.75 Å². The molecule has 0 bridgehead atoms. The number of carbonyl (C=O) groups excluding carboxylic acids is 4. The molecule has 1 saturated carbocycles. The number of amides is 4. The van der Waals surface area contributed by atoms with Crippen LogP contribution in [0.15, 0.2) is 24.3 Å². The molecule has 1 aliphatic carbocycles. The molecule has 0 aromatic heterocycles. The second-order valence-corrected chi connectivity index (χ2v) is 6.01. The van der Waals surface area contributed by atoms with Crippen LogP contribution in [0.3, 0.4) is 0 Å². The van der Waals surface area contributed by atoms with Gasteiger partial charge in [-0.2, -0.15) is 0 Å². The Kier molecular flexibility index (Phi) is 7.16. The zero-order valence-corrected chi connectivity index (χ0v) is 15.2.